The van der Waals surface area contributed by atoms with E-state index < -0.39 is 0 Å². The molecule has 0 atom stereocenters. The van der Waals surface area contributed by atoms with Gasteiger partial charge in [0.15, 0.2) is 0 Å². The molecule has 110 valence electrons. The first kappa shape index (κ1) is 14.8. The molecule has 0 unspecified atom stereocenters. The van der Waals surface area contributed by atoms with Gasteiger partial charge in [0.1, 0.15) is 0 Å². The molecule has 1 N–H and O–H groups in total. The highest BCUT2D eigenvalue weighted by Crippen LogP contribution is 2.36. The summed E-state index contributed by atoms with van der Waals surface area (Å²) in [6.07, 6.45) is 10.4. The van der Waals surface area contributed by atoms with Crippen LogP contribution in [0.4, 0.5) is 0 Å². The lowest BCUT2D eigenvalue weighted by molar-refractivity contribution is -0.160. The molecule has 0 amide bonds. The predicted molar refractivity (Wildman–Crippen MR) is 77.0 cm³/mol. The van der Waals surface area contributed by atoms with Crippen molar-refractivity contribution in [3.63, 3.8) is 0 Å². The summed E-state index contributed by atoms with van der Waals surface area (Å²) >= 11 is 0. The zero-order chi connectivity index (χ0) is 13.6. The van der Waals surface area contributed by atoms with E-state index in [4.69, 9.17) is 4.74 Å². The normalized spacial score (nSPS) is 24.1. The third-order valence-electron chi connectivity index (χ3n) is 4.90. The number of piperidine rings is 1. The van der Waals surface area contributed by atoms with E-state index >= 15 is 0 Å². The maximum Gasteiger partial charge on any atom is 0.312 e. The SMILES string of the molecule is CCCC1(C(=O)OCC2CCCCC2)CCNCC1. The molecule has 0 spiro atoms. The van der Waals surface area contributed by atoms with Crippen LogP contribution in [-0.2, 0) is 9.53 Å². The molecule has 2 aliphatic rings. The Kier molecular flexibility index (Phi) is 5.68. The fraction of sp³-hybridized carbons (Fsp3) is 0.938. The quantitative estimate of drug-likeness (QED) is 0.777. The average Bonchev–Trinajstić information content (AvgIpc) is 2.47. The highest BCUT2D eigenvalue weighted by Gasteiger charge is 2.40. The fourth-order valence-corrected chi connectivity index (χ4v) is 3.64. The van der Waals surface area contributed by atoms with Crippen LogP contribution in [0.5, 0.6) is 0 Å². The van der Waals surface area contributed by atoms with E-state index in [-0.39, 0.29) is 11.4 Å². The van der Waals surface area contributed by atoms with Crippen LogP contribution in [-0.4, -0.2) is 25.7 Å². The molecule has 19 heavy (non-hydrogen) atoms. The number of rotatable bonds is 5. The highest BCUT2D eigenvalue weighted by molar-refractivity contribution is 5.77. The molecule has 1 saturated heterocycles. The monoisotopic (exact) mass is 267 g/mol. The minimum absolute atomic E-state index is 0.0847. The van der Waals surface area contributed by atoms with Crippen LogP contribution in [0.15, 0.2) is 0 Å². The lowest BCUT2D eigenvalue weighted by Gasteiger charge is -2.35. The molecule has 0 aromatic rings. The Hall–Kier alpha value is -0.570. The Morgan fingerprint density at radius 3 is 2.53 bits per heavy atom. The van der Waals surface area contributed by atoms with Crippen molar-refractivity contribution in [3.05, 3.63) is 0 Å². The third kappa shape index (κ3) is 3.95. The van der Waals surface area contributed by atoms with Crippen LogP contribution in [0.3, 0.4) is 0 Å². The topological polar surface area (TPSA) is 38.3 Å². The van der Waals surface area contributed by atoms with E-state index in [1.165, 1.54) is 32.1 Å². The van der Waals surface area contributed by atoms with E-state index in [1.807, 2.05) is 0 Å². The van der Waals surface area contributed by atoms with Gasteiger partial charge in [-0.2, -0.15) is 0 Å². The van der Waals surface area contributed by atoms with Gasteiger partial charge in [0.2, 0.25) is 0 Å². The Morgan fingerprint density at radius 2 is 1.89 bits per heavy atom. The molecule has 0 radical (unpaired) electrons. The first-order valence-corrected chi connectivity index (χ1v) is 8.15. The fourth-order valence-electron chi connectivity index (χ4n) is 3.64. The first-order valence-electron chi connectivity index (χ1n) is 8.15. The van der Waals surface area contributed by atoms with Gasteiger partial charge < -0.3 is 10.1 Å². The minimum Gasteiger partial charge on any atom is -0.465 e. The summed E-state index contributed by atoms with van der Waals surface area (Å²) in [5.74, 6) is 0.708. The van der Waals surface area contributed by atoms with Gasteiger partial charge in [-0.3, -0.25) is 4.79 Å². The molecule has 3 nitrogen and oxygen atoms in total. The first-order chi connectivity index (χ1) is 9.27. The summed E-state index contributed by atoms with van der Waals surface area (Å²) < 4.78 is 5.71. The second-order valence-corrected chi connectivity index (χ2v) is 6.38. The molecule has 2 fully saturated rings. The molecule has 2 rings (SSSR count). The number of nitrogens with one attached hydrogen (secondary N) is 1. The van der Waals surface area contributed by atoms with Crippen molar-refractivity contribution in [1.82, 2.24) is 5.32 Å². The van der Waals surface area contributed by atoms with Gasteiger partial charge in [0.05, 0.1) is 12.0 Å². The second-order valence-electron chi connectivity index (χ2n) is 6.38. The molecule has 0 aromatic carbocycles. The van der Waals surface area contributed by atoms with Crippen LogP contribution in [0.1, 0.15) is 64.7 Å². The summed E-state index contributed by atoms with van der Waals surface area (Å²) in [6.45, 7) is 4.74. The third-order valence-corrected chi connectivity index (χ3v) is 4.90. The smallest absolute Gasteiger partial charge is 0.312 e. The highest BCUT2D eigenvalue weighted by atomic mass is 16.5. The molecular weight excluding hydrogens is 238 g/mol. The van der Waals surface area contributed by atoms with Crippen LogP contribution < -0.4 is 5.32 Å². The zero-order valence-electron chi connectivity index (χ0n) is 12.4. The van der Waals surface area contributed by atoms with Gasteiger partial charge in [-0.05, 0) is 51.1 Å². The van der Waals surface area contributed by atoms with Crippen molar-refractivity contribution < 1.29 is 9.53 Å². The van der Waals surface area contributed by atoms with Crippen LogP contribution in [0.25, 0.3) is 0 Å². The lowest BCUT2D eigenvalue weighted by Crippen LogP contribution is -2.43. The standard InChI is InChI=1S/C16H29NO2/c1-2-8-16(9-11-17-12-10-16)15(18)19-13-14-6-4-3-5-7-14/h14,17H,2-13H2,1H3. The number of hydrogen-bond acceptors (Lipinski definition) is 3. The number of carbonyl (C=O) groups is 1. The molecule has 3 heteroatoms. The largest absolute Gasteiger partial charge is 0.465 e. The summed E-state index contributed by atoms with van der Waals surface area (Å²) in [5.41, 5.74) is -0.186. The maximum absolute atomic E-state index is 12.5. The van der Waals surface area contributed by atoms with Crippen molar-refractivity contribution in [2.75, 3.05) is 19.7 Å². The van der Waals surface area contributed by atoms with E-state index in [0.29, 0.717) is 12.5 Å². The van der Waals surface area contributed by atoms with Crippen molar-refractivity contribution in [1.29, 1.82) is 0 Å². The van der Waals surface area contributed by atoms with Crippen LogP contribution in [0, 0.1) is 11.3 Å². The second kappa shape index (κ2) is 7.28. The van der Waals surface area contributed by atoms with Crippen LogP contribution in [0.2, 0.25) is 0 Å². The Labute approximate surface area is 117 Å². The van der Waals surface area contributed by atoms with Gasteiger partial charge in [0, 0.05) is 0 Å². The van der Waals surface area contributed by atoms with Gasteiger partial charge in [-0.1, -0.05) is 32.6 Å². The van der Waals surface area contributed by atoms with Gasteiger partial charge in [0.25, 0.3) is 0 Å². The Bertz CT molecular complexity index is 273. The number of ether oxygens (including phenoxy) is 1. The Morgan fingerprint density at radius 1 is 1.21 bits per heavy atom. The van der Waals surface area contributed by atoms with E-state index in [9.17, 15) is 4.79 Å². The molecule has 1 saturated carbocycles. The lowest BCUT2D eigenvalue weighted by atomic mass is 9.75. The molecule has 1 aliphatic carbocycles. The predicted octanol–water partition coefficient (Wildman–Crippen LogP) is 3.28. The van der Waals surface area contributed by atoms with Gasteiger partial charge in [-0.25, -0.2) is 0 Å². The van der Waals surface area contributed by atoms with Crippen molar-refractivity contribution in [2.45, 2.75) is 64.7 Å². The maximum atomic E-state index is 12.5. The summed E-state index contributed by atoms with van der Waals surface area (Å²) in [5, 5.41) is 3.35. The van der Waals surface area contributed by atoms with Crippen molar-refractivity contribution in [2.24, 2.45) is 11.3 Å². The molecular formula is C16H29NO2. The summed E-state index contributed by atoms with van der Waals surface area (Å²) in [4.78, 5) is 12.5. The molecule has 1 aliphatic heterocycles. The number of carbonyl (C=O) groups excluding carboxylic acids is 1. The summed E-state index contributed by atoms with van der Waals surface area (Å²) in [7, 11) is 0. The van der Waals surface area contributed by atoms with Crippen molar-refractivity contribution in [3.8, 4) is 0 Å². The Balaban J connectivity index is 1.84. The summed E-state index contributed by atoms with van der Waals surface area (Å²) in [6, 6.07) is 0. The van der Waals surface area contributed by atoms with E-state index in [2.05, 4.69) is 12.2 Å². The number of esters is 1. The molecule has 0 bridgehead atoms. The van der Waals surface area contributed by atoms with Gasteiger partial charge >= 0.3 is 5.97 Å². The van der Waals surface area contributed by atoms with Crippen molar-refractivity contribution >= 4 is 5.97 Å². The zero-order valence-corrected chi connectivity index (χ0v) is 12.4. The molecule has 0 aromatic heterocycles. The van der Waals surface area contributed by atoms with Gasteiger partial charge in [-0.15, -0.1) is 0 Å². The van der Waals surface area contributed by atoms with E-state index in [0.717, 1.165) is 38.8 Å². The van der Waals surface area contributed by atoms with Crippen LogP contribution >= 0.6 is 0 Å². The average molecular weight is 267 g/mol. The minimum atomic E-state index is -0.186. The van der Waals surface area contributed by atoms with E-state index in [1.54, 1.807) is 0 Å². The number of hydrogen-bond donors (Lipinski definition) is 1. The molecule has 1 heterocycles.